The molecule has 1 aliphatic rings. The van der Waals surface area contributed by atoms with Gasteiger partial charge in [0.15, 0.2) is 5.78 Å². The number of hydrogen-bond acceptors (Lipinski definition) is 2. The van der Waals surface area contributed by atoms with Crippen molar-refractivity contribution in [2.45, 2.75) is 19.3 Å². The minimum Gasteiger partial charge on any atom is -0.481 e. The van der Waals surface area contributed by atoms with Crippen molar-refractivity contribution >= 4 is 28.9 Å². The van der Waals surface area contributed by atoms with Crippen LogP contribution in [0.1, 0.15) is 24.8 Å². The number of ketones is 1. The van der Waals surface area contributed by atoms with Crippen molar-refractivity contribution in [3.8, 4) is 0 Å². The van der Waals surface area contributed by atoms with Crippen LogP contribution in [0.4, 0.5) is 0 Å². The molecule has 0 radical (unpaired) electrons. The molecule has 0 fully saturated rings. The molecule has 0 saturated heterocycles. The summed E-state index contributed by atoms with van der Waals surface area (Å²) in [5.41, 5.74) is 1.68. The van der Waals surface area contributed by atoms with Crippen molar-refractivity contribution in [3.05, 3.63) is 40.9 Å². The maximum Gasteiger partial charge on any atom is 0.303 e. The van der Waals surface area contributed by atoms with E-state index >= 15 is 0 Å². The Bertz CT molecular complexity index is 502. The van der Waals surface area contributed by atoms with Gasteiger partial charge in [0.2, 0.25) is 0 Å². The SMILES string of the molecule is O=C(O)C[C@H]1CCC(=O)C=C1c1ccc(Cl)cc1. The minimum atomic E-state index is -0.839. The summed E-state index contributed by atoms with van der Waals surface area (Å²) >= 11 is 5.82. The third kappa shape index (κ3) is 2.99. The molecule has 0 bridgehead atoms. The average molecular weight is 265 g/mol. The second-order valence-electron chi connectivity index (χ2n) is 4.41. The highest BCUT2D eigenvalue weighted by atomic mass is 35.5. The number of carbonyl (C=O) groups excluding carboxylic acids is 1. The van der Waals surface area contributed by atoms with E-state index in [0.717, 1.165) is 11.1 Å². The summed E-state index contributed by atoms with van der Waals surface area (Å²) in [5, 5.41) is 9.53. The van der Waals surface area contributed by atoms with Gasteiger partial charge in [-0.3, -0.25) is 9.59 Å². The summed E-state index contributed by atoms with van der Waals surface area (Å²) in [4.78, 5) is 22.3. The van der Waals surface area contributed by atoms with Crippen LogP contribution in [0.5, 0.6) is 0 Å². The van der Waals surface area contributed by atoms with Crippen molar-refractivity contribution in [3.63, 3.8) is 0 Å². The van der Waals surface area contributed by atoms with E-state index in [1.54, 1.807) is 18.2 Å². The van der Waals surface area contributed by atoms with E-state index in [1.807, 2.05) is 12.1 Å². The van der Waals surface area contributed by atoms with Gasteiger partial charge in [-0.25, -0.2) is 0 Å². The van der Waals surface area contributed by atoms with Crippen LogP contribution in [-0.2, 0) is 9.59 Å². The third-order valence-corrected chi connectivity index (χ3v) is 3.35. The standard InChI is InChI=1S/C14H13ClO3/c15-11-4-1-9(2-5-11)13-8-12(16)6-3-10(13)7-14(17)18/h1-2,4-5,8,10H,3,6-7H2,(H,17,18)/t10-/m1/s1. The number of allylic oxidation sites excluding steroid dienone is 2. The fourth-order valence-corrected chi connectivity index (χ4v) is 2.35. The Morgan fingerprint density at radius 3 is 2.61 bits per heavy atom. The molecule has 3 nitrogen and oxygen atoms in total. The highest BCUT2D eigenvalue weighted by Gasteiger charge is 2.24. The van der Waals surface area contributed by atoms with Gasteiger partial charge in [0.05, 0.1) is 6.42 Å². The van der Waals surface area contributed by atoms with Gasteiger partial charge in [0.1, 0.15) is 0 Å². The van der Waals surface area contributed by atoms with Crippen LogP contribution < -0.4 is 0 Å². The van der Waals surface area contributed by atoms with Gasteiger partial charge >= 0.3 is 5.97 Å². The van der Waals surface area contributed by atoms with E-state index in [4.69, 9.17) is 16.7 Å². The van der Waals surface area contributed by atoms with E-state index < -0.39 is 5.97 Å². The Labute approximate surface area is 110 Å². The zero-order valence-corrected chi connectivity index (χ0v) is 10.5. The number of aliphatic carboxylic acids is 1. The molecule has 0 heterocycles. The fraction of sp³-hybridized carbons (Fsp3) is 0.286. The summed E-state index contributed by atoms with van der Waals surface area (Å²) in [6, 6.07) is 7.13. The predicted octanol–water partition coefficient (Wildman–Crippen LogP) is 3.18. The summed E-state index contributed by atoms with van der Waals surface area (Å²) < 4.78 is 0. The molecule has 4 heteroatoms. The molecular formula is C14H13ClO3. The molecule has 1 aromatic rings. The summed E-state index contributed by atoms with van der Waals surface area (Å²) in [6.07, 6.45) is 2.65. The Morgan fingerprint density at radius 1 is 1.33 bits per heavy atom. The van der Waals surface area contributed by atoms with Crippen molar-refractivity contribution in [1.29, 1.82) is 0 Å². The third-order valence-electron chi connectivity index (χ3n) is 3.09. The number of carboxylic acid groups (broad SMARTS) is 1. The van der Waals surface area contributed by atoms with Gasteiger partial charge < -0.3 is 5.11 Å². The Kier molecular flexibility index (Phi) is 3.82. The predicted molar refractivity (Wildman–Crippen MR) is 69.4 cm³/mol. The Balaban J connectivity index is 2.33. The highest BCUT2D eigenvalue weighted by molar-refractivity contribution is 6.30. The van der Waals surface area contributed by atoms with Gasteiger partial charge in [-0.2, -0.15) is 0 Å². The first-order chi connectivity index (χ1) is 8.56. The quantitative estimate of drug-likeness (QED) is 0.912. The number of rotatable bonds is 3. The van der Waals surface area contributed by atoms with E-state index in [1.165, 1.54) is 0 Å². The highest BCUT2D eigenvalue weighted by Crippen LogP contribution is 2.34. The number of halogens is 1. The average Bonchev–Trinajstić information content (AvgIpc) is 2.32. The molecular weight excluding hydrogens is 252 g/mol. The molecule has 0 unspecified atom stereocenters. The lowest BCUT2D eigenvalue weighted by molar-refractivity contribution is -0.138. The molecule has 1 aliphatic carbocycles. The van der Waals surface area contributed by atoms with Crippen molar-refractivity contribution in [2.24, 2.45) is 5.92 Å². The van der Waals surface area contributed by atoms with Crippen LogP contribution >= 0.6 is 11.6 Å². The fourth-order valence-electron chi connectivity index (χ4n) is 2.22. The lowest BCUT2D eigenvalue weighted by atomic mass is 9.81. The second kappa shape index (κ2) is 5.36. The number of benzene rings is 1. The van der Waals surface area contributed by atoms with Gasteiger partial charge in [-0.05, 0) is 41.7 Å². The maximum atomic E-state index is 11.5. The molecule has 0 saturated carbocycles. The lowest BCUT2D eigenvalue weighted by Crippen LogP contribution is -2.16. The van der Waals surface area contributed by atoms with Gasteiger partial charge in [0.25, 0.3) is 0 Å². The van der Waals surface area contributed by atoms with Crippen LogP contribution in [0, 0.1) is 5.92 Å². The van der Waals surface area contributed by atoms with Crippen LogP contribution in [0.2, 0.25) is 5.02 Å². The number of hydrogen-bond donors (Lipinski definition) is 1. The van der Waals surface area contributed by atoms with Crippen LogP contribution in [0.3, 0.4) is 0 Å². The zero-order valence-electron chi connectivity index (χ0n) is 9.73. The minimum absolute atomic E-state index is 0.0570. The normalized spacial score (nSPS) is 19.5. The summed E-state index contributed by atoms with van der Waals surface area (Å²) in [6.45, 7) is 0. The molecule has 0 aromatic heterocycles. The molecule has 0 amide bonds. The zero-order chi connectivity index (χ0) is 13.1. The summed E-state index contributed by atoms with van der Waals surface area (Å²) in [7, 11) is 0. The first-order valence-corrected chi connectivity index (χ1v) is 6.16. The molecule has 2 rings (SSSR count). The van der Waals surface area contributed by atoms with Crippen LogP contribution in [0.15, 0.2) is 30.3 Å². The van der Waals surface area contributed by atoms with Crippen molar-refractivity contribution in [1.82, 2.24) is 0 Å². The van der Waals surface area contributed by atoms with Crippen LogP contribution in [-0.4, -0.2) is 16.9 Å². The molecule has 1 aromatic carbocycles. The largest absolute Gasteiger partial charge is 0.481 e. The first-order valence-electron chi connectivity index (χ1n) is 5.78. The molecule has 1 atom stereocenters. The monoisotopic (exact) mass is 264 g/mol. The van der Waals surface area contributed by atoms with Gasteiger partial charge in [0, 0.05) is 11.4 Å². The van der Waals surface area contributed by atoms with Crippen molar-refractivity contribution < 1.29 is 14.7 Å². The summed E-state index contributed by atoms with van der Waals surface area (Å²) in [5.74, 6) is -0.878. The van der Waals surface area contributed by atoms with E-state index in [9.17, 15) is 9.59 Å². The van der Waals surface area contributed by atoms with Gasteiger partial charge in [-0.1, -0.05) is 23.7 Å². The first kappa shape index (κ1) is 12.8. The van der Waals surface area contributed by atoms with E-state index in [0.29, 0.717) is 17.9 Å². The lowest BCUT2D eigenvalue weighted by Gasteiger charge is -2.22. The molecule has 94 valence electrons. The number of carboxylic acids is 1. The topological polar surface area (TPSA) is 54.4 Å². The van der Waals surface area contributed by atoms with Crippen molar-refractivity contribution in [2.75, 3.05) is 0 Å². The van der Waals surface area contributed by atoms with E-state index in [2.05, 4.69) is 0 Å². The van der Waals surface area contributed by atoms with E-state index in [-0.39, 0.29) is 18.1 Å². The molecule has 0 spiro atoms. The maximum absolute atomic E-state index is 11.5. The van der Waals surface area contributed by atoms with Gasteiger partial charge in [-0.15, -0.1) is 0 Å². The Hall–Kier alpha value is -1.61. The number of carbonyl (C=O) groups is 2. The second-order valence-corrected chi connectivity index (χ2v) is 4.84. The Morgan fingerprint density at radius 2 is 2.00 bits per heavy atom. The molecule has 18 heavy (non-hydrogen) atoms. The smallest absolute Gasteiger partial charge is 0.303 e. The van der Waals surface area contributed by atoms with Crippen LogP contribution in [0.25, 0.3) is 5.57 Å². The molecule has 1 N–H and O–H groups in total. The molecule has 0 aliphatic heterocycles.